The second-order valence-corrected chi connectivity index (χ2v) is 4.59. The number of nitro groups is 1. The summed E-state index contributed by atoms with van der Waals surface area (Å²) in [5.74, 6) is 0.667. The molecule has 1 saturated carbocycles. The van der Waals surface area contributed by atoms with Gasteiger partial charge in [-0.05, 0) is 35.2 Å². The molecule has 0 aromatic carbocycles. The highest BCUT2D eigenvalue weighted by Gasteiger charge is 2.33. The van der Waals surface area contributed by atoms with Gasteiger partial charge < -0.3 is 20.0 Å². The van der Waals surface area contributed by atoms with Gasteiger partial charge in [-0.2, -0.15) is 0 Å². The molecule has 0 aliphatic heterocycles. The number of aryl methyl sites for hydroxylation is 1. The van der Waals surface area contributed by atoms with Crippen molar-refractivity contribution in [3.05, 3.63) is 22.1 Å². The molecule has 0 saturated heterocycles. The summed E-state index contributed by atoms with van der Waals surface area (Å²) in [6.45, 7) is 2.96. The monoisotopic (exact) mass is 238 g/mol. The molecule has 1 aliphatic carbocycles. The molecular weight excluding hydrogens is 220 g/mol. The molecule has 1 aliphatic rings. The molecule has 1 aromatic rings. The van der Waals surface area contributed by atoms with E-state index in [0.717, 1.165) is 6.54 Å². The fourth-order valence-corrected chi connectivity index (χ4v) is 2.21. The van der Waals surface area contributed by atoms with Crippen molar-refractivity contribution < 1.29 is 4.92 Å². The van der Waals surface area contributed by atoms with Crippen molar-refractivity contribution in [3.63, 3.8) is 0 Å². The minimum absolute atomic E-state index is 0.00365. The molecule has 0 bridgehead atoms. The highest BCUT2D eigenvalue weighted by atomic mass is 16.6. The number of nitrogens with zero attached hydrogens (tertiary/aromatic N) is 3. The number of nitrogens with one attached hydrogen (secondary N) is 1. The van der Waals surface area contributed by atoms with Gasteiger partial charge in [0.15, 0.2) is 0 Å². The van der Waals surface area contributed by atoms with Crippen molar-refractivity contribution in [2.24, 2.45) is 13.0 Å². The summed E-state index contributed by atoms with van der Waals surface area (Å²) < 4.78 is 1.75. The zero-order chi connectivity index (χ0) is 12.4. The molecule has 94 valence electrons. The van der Waals surface area contributed by atoms with Crippen LogP contribution in [-0.4, -0.2) is 27.1 Å². The molecule has 6 heteroatoms. The van der Waals surface area contributed by atoms with Crippen molar-refractivity contribution in [1.29, 1.82) is 0 Å². The average Bonchev–Trinajstić information content (AvgIpc) is 3.04. The first-order valence-corrected chi connectivity index (χ1v) is 6.01. The van der Waals surface area contributed by atoms with E-state index in [4.69, 9.17) is 0 Å². The topological polar surface area (TPSA) is 73.0 Å². The Morgan fingerprint density at radius 1 is 1.71 bits per heavy atom. The largest absolute Gasteiger partial charge is 0.384 e. The van der Waals surface area contributed by atoms with Gasteiger partial charge in [-0.15, -0.1) is 0 Å². The highest BCUT2D eigenvalue weighted by molar-refractivity contribution is 5.28. The van der Waals surface area contributed by atoms with Crippen molar-refractivity contribution in [2.45, 2.75) is 32.2 Å². The minimum atomic E-state index is -0.398. The molecule has 0 spiro atoms. The summed E-state index contributed by atoms with van der Waals surface area (Å²) in [5.41, 5.74) is 0.716. The standard InChI is InChI=1S/C11H18N4O2/c1-3-12-9(8-4-5-8)6-10-11(15(16)17)13-7-14(10)2/h7-9,12H,3-6H2,1-2H3. The van der Waals surface area contributed by atoms with Gasteiger partial charge in [0.1, 0.15) is 5.69 Å². The van der Waals surface area contributed by atoms with E-state index in [1.54, 1.807) is 4.57 Å². The van der Waals surface area contributed by atoms with Crippen molar-refractivity contribution in [3.8, 4) is 0 Å². The number of rotatable bonds is 6. The van der Waals surface area contributed by atoms with Gasteiger partial charge in [-0.25, -0.2) is 0 Å². The van der Waals surface area contributed by atoms with E-state index in [1.165, 1.54) is 19.2 Å². The van der Waals surface area contributed by atoms with E-state index < -0.39 is 4.92 Å². The Hall–Kier alpha value is -1.43. The Kier molecular flexibility index (Phi) is 3.42. The number of imidazole rings is 1. The van der Waals surface area contributed by atoms with E-state index in [-0.39, 0.29) is 5.82 Å². The van der Waals surface area contributed by atoms with Gasteiger partial charge >= 0.3 is 5.82 Å². The van der Waals surface area contributed by atoms with Crippen LogP contribution in [0.4, 0.5) is 5.82 Å². The quantitative estimate of drug-likeness (QED) is 0.598. The Morgan fingerprint density at radius 3 is 2.94 bits per heavy atom. The molecule has 1 atom stereocenters. The second kappa shape index (κ2) is 4.83. The van der Waals surface area contributed by atoms with Gasteiger partial charge in [-0.1, -0.05) is 6.92 Å². The zero-order valence-electron chi connectivity index (χ0n) is 10.2. The number of aromatic nitrogens is 2. The van der Waals surface area contributed by atoms with E-state index >= 15 is 0 Å². The summed E-state index contributed by atoms with van der Waals surface area (Å²) >= 11 is 0. The first kappa shape index (κ1) is 12.0. The van der Waals surface area contributed by atoms with Crippen LogP contribution in [0, 0.1) is 16.0 Å². The molecule has 1 N–H and O–H groups in total. The zero-order valence-corrected chi connectivity index (χ0v) is 10.2. The molecular formula is C11H18N4O2. The average molecular weight is 238 g/mol. The Labute approximate surface area is 100 Å². The maximum absolute atomic E-state index is 10.9. The molecule has 0 radical (unpaired) electrons. The third kappa shape index (κ3) is 2.63. The minimum Gasteiger partial charge on any atom is -0.358 e. The fraction of sp³-hybridized carbons (Fsp3) is 0.727. The number of hydrogen-bond donors (Lipinski definition) is 1. The predicted octanol–water partition coefficient (Wildman–Crippen LogP) is 1.26. The van der Waals surface area contributed by atoms with Gasteiger partial charge in [-0.3, -0.25) is 0 Å². The van der Waals surface area contributed by atoms with Gasteiger partial charge in [0.25, 0.3) is 0 Å². The van der Waals surface area contributed by atoms with E-state index in [2.05, 4.69) is 17.2 Å². The molecule has 1 aromatic heterocycles. The normalized spacial score (nSPS) is 17.1. The lowest BCUT2D eigenvalue weighted by molar-refractivity contribution is -0.390. The third-order valence-electron chi connectivity index (χ3n) is 3.28. The fourth-order valence-electron chi connectivity index (χ4n) is 2.21. The number of hydrogen-bond acceptors (Lipinski definition) is 4. The highest BCUT2D eigenvalue weighted by Crippen LogP contribution is 2.34. The van der Waals surface area contributed by atoms with Gasteiger partial charge in [0.05, 0.1) is 0 Å². The van der Waals surface area contributed by atoms with E-state index in [0.29, 0.717) is 24.1 Å². The van der Waals surface area contributed by atoms with Crippen LogP contribution in [0.25, 0.3) is 0 Å². The lowest BCUT2D eigenvalue weighted by Crippen LogP contribution is -2.33. The molecule has 1 unspecified atom stereocenters. The van der Waals surface area contributed by atoms with Crippen molar-refractivity contribution in [2.75, 3.05) is 6.54 Å². The molecule has 1 fully saturated rings. The van der Waals surface area contributed by atoms with Crippen LogP contribution >= 0.6 is 0 Å². The van der Waals surface area contributed by atoms with E-state index in [9.17, 15) is 10.1 Å². The SMILES string of the molecule is CCNC(Cc1c([N+](=O)[O-])ncn1C)C1CC1. The van der Waals surface area contributed by atoms with Gasteiger partial charge in [0, 0.05) is 19.5 Å². The molecule has 17 heavy (non-hydrogen) atoms. The number of likely N-dealkylation sites (N-methyl/N-ethyl adjacent to an activating group) is 1. The lowest BCUT2D eigenvalue weighted by Gasteiger charge is -2.16. The molecule has 0 amide bonds. The predicted molar refractivity (Wildman–Crippen MR) is 63.8 cm³/mol. The van der Waals surface area contributed by atoms with Crippen LogP contribution in [0.15, 0.2) is 6.33 Å². The second-order valence-electron chi connectivity index (χ2n) is 4.59. The Balaban J connectivity index is 2.15. The van der Waals surface area contributed by atoms with Crippen LogP contribution in [0.3, 0.4) is 0 Å². The molecule has 6 nitrogen and oxygen atoms in total. The van der Waals surface area contributed by atoms with Crippen LogP contribution < -0.4 is 5.32 Å². The van der Waals surface area contributed by atoms with Crippen LogP contribution in [0.5, 0.6) is 0 Å². The van der Waals surface area contributed by atoms with Crippen molar-refractivity contribution in [1.82, 2.24) is 14.9 Å². The van der Waals surface area contributed by atoms with E-state index in [1.807, 2.05) is 7.05 Å². The third-order valence-corrected chi connectivity index (χ3v) is 3.28. The first-order valence-electron chi connectivity index (χ1n) is 6.01. The molecule has 1 heterocycles. The summed E-state index contributed by atoms with van der Waals surface area (Å²) in [6, 6.07) is 0.342. The van der Waals surface area contributed by atoms with Crippen LogP contribution in [0.1, 0.15) is 25.5 Å². The lowest BCUT2D eigenvalue weighted by atomic mass is 10.1. The summed E-state index contributed by atoms with van der Waals surface area (Å²) in [6.07, 6.45) is 4.65. The Bertz CT molecular complexity index is 412. The van der Waals surface area contributed by atoms with Gasteiger partial charge in [0.2, 0.25) is 6.33 Å². The molecule has 2 rings (SSSR count). The summed E-state index contributed by atoms with van der Waals surface area (Å²) in [4.78, 5) is 14.3. The van der Waals surface area contributed by atoms with Crippen LogP contribution in [-0.2, 0) is 13.5 Å². The summed E-state index contributed by atoms with van der Waals surface area (Å²) in [7, 11) is 1.81. The summed E-state index contributed by atoms with van der Waals surface area (Å²) in [5, 5.41) is 14.3. The first-order chi connectivity index (χ1) is 8.13. The van der Waals surface area contributed by atoms with Crippen molar-refractivity contribution >= 4 is 5.82 Å². The maximum atomic E-state index is 10.9. The Morgan fingerprint density at radius 2 is 2.41 bits per heavy atom. The maximum Gasteiger partial charge on any atom is 0.384 e. The smallest absolute Gasteiger partial charge is 0.358 e. The van der Waals surface area contributed by atoms with Crippen LogP contribution in [0.2, 0.25) is 0 Å².